The first-order valence-corrected chi connectivity index (χ1v) is 8.57. The quantitative estimate of drug-likeness (QED) is 0.736. The molecule has 1 aromatic heterocycles. The van der Waals surface area contributed by atoms with Gasteiger partial charge in [0.2, 0.25) is 0 Å². The van der Waals surface area contributed by atoms with Gasteiger partial charge in [-0.25, -0.2) is 9.37 Å². The minimum atomic E-state index is -0.317. The largest absolute Gasteiger partial charge is 0.493 e. The standard InChI is InChI=1S/C18H17BrFN3O/c1-24-17-13(3-2-4-15(17)20)12-6-9-23(10-7-12)16-5-8-22-18(19)14(16)11-21/h2-5,8,12H,6-7,9-10H2,1H3. The molecule has 0 unspecified atom stereocenters. The first-order valence-electron chi connectivity index (χ1n) is 7.77. The van der Waals surface area contributed by atoms with Crippen LogP contribution in [0, 0.1) is 17.1 Å². The molecule has 24 heavy (non-hydrogen) atoms. The van der Waals surface area contributed by atoms with Crippen LogP contribution in [0.1, 0.15) is 29.9 Å². The number of para-hydroxylation sites is 1. The third-order valence-electron chi connectivity index (χ3n) is 4.47. The van der Waals surface area contributed by atoms with Gasteiger partial charge in [0.25, 0.3) is 0 Å². The Hall–Kier alpha value is -2.13. The lowest BCUT2D eigenvalue weighted by Gasteiger charge is -2.34. The maximum Gasteiger partial charge on any atom is 0.165 e. The van der Waals surface area contributed by atoms with Gasteiger partial charge in [0.05, 0.1) is 12.8 Å². The number of ether oxygens (including phenoxy) is 1. The Morgan fingerprint density at radius 2 is 2.08 bits per heavy atom. The van der Waals surface area contributed by atoms with Crippen LogP contribution < -0.4 is 9.64 Å². The summed E-state index contributed by atoms with van der Waals surface area (Å²) < 4.78 is 19.7. The molecule has 3 rings (SSSR count). The third-order valence-corrected chi connectivity index (χ3v) is 5.07. The zero-order valence-electron chi connectivity index (χ0n) is 13.3. The lowest BCUT2D eigenvalue weighted by atomic mass is 9.88. The van der Waals surface area contributed by atoms with E-state index >= 15 is 0 Å². The second-order valence-electron chi connectivity index (χ2n) is 5.73. The molecule has 2 aromatic rings. The summed E-state index contributed by atoms with van der Waals surface area (Å²) in [4.78, 5) is 6.30. The van der Waals surface area contributed by atoms with E-state index in [1.165, 1.54) is 13.2 Å². The molecule has 1 saturated heterocycles. The van der Waals surface area contributed by atoms with E-state index in [1.807, 2.05) is 12.1 Å². The first kappa shape index (κ1) is 16.7. The lowest BCUT2D eigenvalue weighted by Crippen LogP contribution is -2.33. The Kier molecular flexibility index (Phi) is 5.00. The van der Waals surface area contributed by atoms with Crippen molar-refractivity contribution in [3.8, 4) is 11.8 Å². The smallest absolute Gasteiger partial charge is 0.165 e. The van der Waals surface area contributed by atoms with E-state index < -0.39 is 0 Å². The van der Waals surface area contributed by atoms with Gasteiger partial charge in [-0.05, 0) is 46.8 Å². The fourth-order valence-corrected chi connectivity index (χ4v) is 3.70. The van der Waals surface area contributed by atoms with Gasteiger partial charge >= 0.3 is 0 Å². The molecule has 0 aliphatic carbocycles. The molecule has 0 bridgehead atoms. The SMILES string of the molecule is COc1c(F)cccc1C1CCN(c2ccnc(Br)c2C#N)CC1. The highest BCUT2D eigenvalue weighted by Crippen LogP contribution is 2.37. The second-order valence-corrected chi connectivity index (χ2v) is 6.48. The summed E-state index contributed by atoms with van der Waals surface area (Å²) in [6, 6.07) is 9.16. The number of aromatic nitrogens is 1. The number of benzene rings is 1. The van der Waals surface area contributed by atoms with Gasteiger partial charge in [0, 0.05) is 24.8 Å². The summed E-state index contributed by atoms with van der Waals surface area (Å²) >= 11 is 3.33. The Bertz CT molecular complexity index is 782. The van der Waals surface area contributed by atoms with Crippen molar-refractivity contribution in [2.45, 2.75) is 18.8 Å². The van der Waals surface area contributed by atoms with Crippen LogP contribution in [0.2, 0.25) is 0 Å². The van der Waals surface area contributed by atoms with Crippen LogP contribution in [0.5, 0.6) is 5.75 Å². The molecule has 1 fully saturated rings. The van der Waals surface area contributed by atoms with E-state index in [1.54, 1.807) is 12.3 Å². The van der Waals surface area contributed by atoms with E-state index in [0.717, 1.165) is 37.2 Å². The molecule has 0 amide bonds. The van der Waals surface area contributed by atoms with Crippen LogP contribution in [0.15, 0.2) is 35.1 Å². The van der Waals surface area contributed by atoms with Crippen molar-refractivity contribution in [1.82, 2.24) is 4.98 Å². The summed E-state index contributed by atoms with van der Waals surface area (Å²) in [5, 5.41) is 9.35. The maximum atomic E-state index is 13.9. The molecule has 1 aromatic carbocycles. The van der Waals surface area contributed by atoms with Crippen molar-refractivity contribution in [2.24, 2.45) is 0 Å². The lowest BCUT2D eigenvalue weighted by molar-refractivity contribution is 0.371. The second kappa shape index (κ2) is 7.18. The average molecular weight is 390 g/mol. The van der Waals surface area contributed by atoms with Gasteiger partial charge in [-0.1, -0.05) is 12.1 Å². The van der Waals surface area contributed by atoms with Crippen molar-refractivity contribution >= 4 is 21.6 Å². The highest BCUT2D eigenvalue weighted by atomic mass is 79.9. The van der Waals surface area contributed by atoms with Crippen LogP contribution in [0.3, 0.4) is 0 Å². The molecule has 0 N–H and O–H groups in total. The predicted octanol–water partition coefficient (Wildman–Crippen LogP) is 4.25. The minimum absolute atomic E-state index is 0.253. The molecule has 1 aliphatic heterocycles. The van der Waals surface area contributed by atoms with Crippen LogP contribution in [0.25, 0.3) is 0 Å². The highest BCUT2D eigenvalue weighted by molar-refractivity contribution is 9.10. The number of nitrogens with zero attached hydrogens (tertiary/aromatic N) is 3. The van der Waals surface area contributed by atoms with Crippen molar-refractivity contribution in [1.29, 1.82) is 5.26 Å². The van der Waals surface area contributed by atoms with E-state index in [9.17, 15) is 9.65 Å². The summed E-state index contributed by atoms with van der Waals surface area (Å²) in [6.07, 6.45) is 3.46. The predicted molar refractivity (Wildman–Crippen MR) is 93.8 cm³/mol. The maximum absolute atomic E-state index is 13.9. The molecular formula is C18H17BrFN3O. The van der Waals surface area contributed by atoms with Crippen molar-refractivity contribution in [2.75, 3.05) is 25.1 Å². The first-order chi connectivity index (χ1) is 11.7. The number of nitriles is 1. The molecule has 4 nitrogen and oxygen atoms in total. The molecule has 0 saturated carbocycles. The number of methoxy groups -OCH3 is 1. The van der Waals surface area contributed by atoms with Crippen molar-refractivity contribution in [3.05, 3.63) is 52.0 Å². The Balaban J connectivity index is 1.79. The van der Waals surface area contributed by atoms with E-state index in [4.69, 9.17) is 4.74 Å². The fraction of sp³-hybridized carbons (Fsp3) is 0.333. The molecule has 6 heteroatoms. The fourth-order valence-electron chi connectivity index (χ4n) is 3.29. The zero-order valence-corrected chi connectivity index (χ0v) is 14.9. The monoisotopic (exact) mass is 389 g/mol. The van der Waals surface area contributed by atoms with Crippen LogP contribution >= 0.6 is 15.9 Å². The minimum Gasteiger partial charge on any atom is -0.493 e. The molecule has 0 atom stereocenters. The van der Waals surface area contributed by atoms with Gasteiger partial charge in [0.1, 0.15) is 16.2 Å². The highest BCUT2D eigenvalue weighted by Gasteiger charge is 2.26. The average Bonchev–Trinajstić information content (AvgIpc) is 2.61. The number of halogens is 2. The summed E-state index contributed by atoms with van der Waals surface area (Å²) in [5.41, 5.74) is 2.37. The Labute approximate surface area is 149 Å². The van der Waals surface area contributed by atoms with Gasteiger partial charge in [-0.2, -0.15) is 5.26 Å². The Morgan fingerprint density at radius 3 is 2.75 bits per heavy atom. The third kappa shape index (κ3) is 3.09. The van der Waals surface area contributed by atoms with Crippen LogP contribution in [-0.4, -0.2) is 25.2 Å². The van der Waals surface area contributed by atoms with Gasteiger partial charge < -0.3 is 9.64 Å². The number of rotatable bonds is 3. The number of piperidine rings is 1. The van der Waals surface area contributed by atoms with Crippen LogP contribution in [0.4, 0.5) is 10.1 Å². The molecule has 124 valence electrons. The van der Waals surface area contributed by atoms with E-state index in [-0.39, 0.29) is 11.7 Å². The van der Waals surface area contributed by atoms with Gasteiger partial charge in [-0.3, -0.25) is 0 Å². The topological polar surface area (TPSA) is 49.1 Å². The van der Waals surface area contributed by atoms with Crippen molar-refractivity contribution < 1.29 is 9.13 Å². The number of hydrogen-bond acceptors (Lipinski definition) is 4. The van der Waals surface area contributed by atoms with E-state index in [0.29, 0.717) is 15.9 Å². The van der Waals surface area contributed by atoms with E-state index in [2.05, 4.69) is 31.9 Å². The summed E-state index contributed by atoms with van der Waals surface area (Å²) in [5.74, 6) is 0.283. The molecule has 0 radical (unpaired) electrons. The molecule has 1 aliphatic rings. The van der Waals surface area contributed by atoms with Crippen LogP contribution in [-0.2, 0) is 0 Å². The Morgan fingerprint density at radius 1 is 1.33 bits per heavy atom. The van der Waals surface area contributed by atoms with Gasteiger partial charge in [0.15, 0.2) is 11.6 Å². The molecule has 0 spiro atoms. The van der Waals surface area contributed by atoms with Crippen molar-refractivity contribution in [3.63, 3.8) is 0 Å². The van der Waals surface area contributed by atoms with Gasteiger partial charge in [-0.15, -0.1) is 0 Å². The number of anilines is 1. The molecule has 2 heterocycles. The molecular weight excluding hydrogens is 373 g/mol. The number of hydrogen-bond donors (Lipinski definition) is 0. The summed E-state index contributed by atoms with van der Waals surface area (Å²) in [6.45, 7) is 1.60. The number of pyridine rings is 1. The zero-order chi connectivity index (χ0) is 17.1. The summed E-state index contributed by atoms with van der Waals surface area (Å²) in [7, 11) is 1.50. The normalized spacial score (nSPS) is 15.2.